The van der Waals surface area contributed by atoms with E-state index in [9.17, 15) is 14.4 Å². The van der Waals surface area contributed by atoms with Gasteiger partial charge in [-0.25, -0.2) is 0 Å². The van der Waals surface area contributed by atoms with Crippen molar-refractivity contribution in [3.05, 3.63) is 11.6 Å². The molecule has 5 nitrogen and oxygen atoms in total. The molecule has 0 aromatic carbocycles. The van der Waals surface area contributed by atoms with Crippen molar-refractivity contribution in [3.8, 4) is 0 Å². The Morgan fingerprint density at radius 3 is 2.18 bits per heavy atom. The second kappa shape index (κ2) is 8.43. The lowest BCUT2D eigenvalue weighted by atomic mass is 9.34. The summed E-state index contributed by atoms with van der Waals surface area (Å²) in [5.41, 5.74) is 0.312. The third-order valence-electron chi connectivity index (χ3n) is 13.2. The summed E-state index contributed by atoms with van der Waals surface area (Å²) in [5.74, 6) is 0.120. The fourth-order valence-corrected chi connectivity index (χ4v) is 11.0. The van der Waals surface area contributed by atoms with Crippen LogP contribution >= 0.6 is 0 Å². The van der Waals surface area contributed by atoms with Crippen molar-refractivity contribution in [2.75, 3.05) is 7.11 Å². The van der Waals surface area contributed by atoms with Gasteiger partial charge in [-0.3, -0.25) is 14.4 Å². The molecule has 0 radical (unpaired) electrons. The topological polar surface area (TPSA) is 69.7 Å². The zero-order valence-electron chi connectivity index (χ0n) is 25.3. The van der Waals surface area contributed by atoms with E-state index in [1.54, 1.807) is 0 Å². The Morgan fingerprint density at radius 2 is 1.55 bits per heavy atom. The zero-order valence-corrected chi connectivity index (χ0v) is 25.3. The molecule has 0 heterocycles. The maximum Gasteiger partial charge on any atom is 0.312 e. The van der Waals surface area contributed by atoms with Crippen LogP contribution in [-0.2, 0) is 23.9 Å². The second-order valence-corrected chi connectivity index (χ2v) is 15.8. The number of ether oxygens (including phenoxy) is 2. The van der Waals surface area contributed by atoms with E-state index in [-0.39, 0.29) is 62.7 Å². The van der Waals surface area contributed by atoms with Crippen LogP contribution in [0.3, 0.4) is 0 Å². The normalized spacial score (nSPS) is 46.9. The summed E-state index contributed by atoms with van der Waals surface area (Å²) >= 11 is 0. The van der Waals surface area contributed by atoms with Crippen molar-refractivity contribution in [2.45, 2.75) is 119 Å². The minimum absolute atomic E-state index is 0.0150. The first-order valence-electron chi connectivity index (χ1n) is 15.0. The van der Waals surface area contributed by atoms with E-state index in [4.69, 9.17) is 9.47 Å². The molecule has 4 saturated carbocycles. The molecule has 8 atom stereocenters. The molecule has 0 spiro atoms. The molecule has 4 fully saturated rings. The summed E-state index contributed by atoms with van der Waals surface area (Å²) in [7, 11) is 1.51. The quantitative estimate of drug-likeness (QED) is 0.360. The van der Waals surface area contributed by atoms with E-state index in [0.29, 0.717) is 5.92 Å². The lowest BCUT2D eigenvalue weighted by Crippen LogP contribution is -2.66. The molecule has 5 heteroatoms. The Kier molecular flexibility index (Phi) is 6.19. The van der Waals surface area contributed by atoms with Gasteiger partial charge in [-0.2, -0.15) is 0 Å². The molecule has 5 aliphatic rings. The lowest BCUT2D eigenvalue weighted by molar-refractivity contribution is -0.197. The van der Waals surface area contributed by atoms with Gasteiger partial charge in [-0.1, -0.05) is 54.0 Å². The zero-order chi connectivity index (χ0) is 28.1. The molecular weight excluding hydrogens is 476 g/mol. The van der Waals surface area contributed by atoms with Crippen LogP contribution in [0.25, 0.3) is 0 Å². The van der Waals surface area contributed by atoms with E-state index in [2.05, 4.69) is 54.5 Å². The fraction of sp³-hybridized carbons (Fsp3) is 0.848. The number of methoxy groups -OCH3 is 1. The van der Waals surface area contributed by atoms with Gasteiger partial charge in [0, 0.05) is 18.3 Å². The van der Waals surface area contributed by atoms with Crippen molar-refractivity contribution in [2.24, 2.45) is 50.2 Å². The van der Waals surface area contributed by atoms with Crippen molar-refractivity contribution < 1.29 is 23.9 Å². The third-order valence-corrected chi connectivity index (χ3v) is 13.2. The van der Waals surface area contributed by atoms with Gasteiger partial charge >= 0.3 is 11.9 Å². The van der Waals surface area contributed by atoms with E-state index in [0.717, 1.165) is 57.8 Å². The highest BCUT2D eigenvalue weighted by Gasteiger charge is 2.71. The maximum atomic E-state index is 14.4. The maximum absolute atomic E-state index is 14.4. The van der Waals surface area contributed by atoms with Crippen LogP contribution < -0.4 is 0 Å². The van der Waals surface area contributed by atoms with Gasteiger partial charge in [-0.05, 0) is 97.4 Å². The molecule has 5 aliphatic carbocycles. The van der Waals surface area contributed by atoms with E-state index in [1.165, 1.54) is 19.6 Å². The first kappa shape index (κ1) is 27.9. The highest BCUT2D eigenvalue weighted by atomic mass is 16.5. The van der Waals surface area contributed by atoms with E-state index >= 15 is 0 Å². The minimum Gasteiger partial charge on any atom is -0.469 e. The van der Waals surface area contributed by atoms with Crippen molar-refractivity contribution in [1.29, 1.82) is 0 Å². The summed E-state index contributed by atoms with van der Waals surface area (Å²) in [6, 6.07) is 0. The monoisotopic (exact) mass is 526 g/mol. The van der Waals surface area contributed by atoms with Crippen LogP contribution in [-0.4, -0.2) is 30.9 Å². The van der Waals surface area contributed by atoms with Crippen molar-refractivity contribution in [1.82, 2.24) is 0 Å². The van der Waals surface area contributed by atoms with Crippen LogP contribution in [0.1, 0.15) is 113 Å². The van der Waals surface area contributed by atoms with Gasteiger partial charge in [0.1, 0.15) is 6.10 Å². The van der Waals surface area contributed by atoms with Gasteiger partial charge in [0.2, 0.25) is 0 Å². The number of esters is 2. The van der Waals surface area contributed by atoms with Crippen molar-refractivity contribution in [3.63, 3.8) is 0 Å². The Bertz CT molecular complexity index is 1080. The number of rotatable bonds is 2. The average Bonchev–Trinajstić information content (AvgIpc) is 2.81. The summed E-state index contributed by atoms with van der Waals surface area (Å²) in [4.78, 5) is 39.8. The number of hydrogen-bond acceptors (Lipinski definition) is 5. The van der Waals surface area contributed by atoms with Crippen LogP contribution in [0.2, 0.25) is 0 Å². The number of allylic oxidation sites excluding steroid dienone is 2. The molecule has 0 saturated heterocycles. The number of carbonyl (C=O) groups is 3. The largest absolute Gasteiger partial charge is 0.469 e. The standard InChI is InChI=1S/C33H50O5/c1-20(34)38-25-11-12-30(6)23(29(25,4)5)10-13-31(7)24(30)18-22(35)26-21-19-28(2,3)14-16-33(21,27(36)37-9)17-15-32(26,31)8/h18,21,23,25-26H,10-17,19H2,1-9H3/t21-,23+,25-,26-,30+,31+,32-,33-/m0/s1. The van der Waals surface area contributed by atoms with E-state index < -0.39 is 5.41 Å². The summed E-state index contributed by atoms with van der Waals surface area (Å²) < 4.78 is 11.3. The summed E-state index contributed by atoms with van der Waals surface area (Å²) in [5, 5.41) is 0. The molecule has 212 valence electrons. The Balaban J connectivity index is 1.60. The molecule has 0 aromatic heterocycles. The van der Waals surface area contributed by atoms with Gasteiger partial charge in [0.05, 0.1) is 12.5 Å². The summed E-state index contributed by atoms with van der Waals surface area (Å²) in [6.45, 7) is 17.8. The molecule has 0 unspecified atom stereocenters. The molecule has 0 N–H and O–H groups in total. The number of carbonyl (C=O) groups excluding carboxylic acids is 3. The fourth-order valence-electron chi connectivity index (χ4n) is 11.0. The predicted octanol–water partition coefficient (Wildman–Crippen LogP) is 7.07. The van der Waals surface area contributed by atoms with Crippen LogP contribution in [0.5, 0.6) is 0 Å². The molecule has 0 aromatic rings. The minimum atomic E-state index is -0.545. The smallest absolute Gasteiger partial charge is 0.312 e. The number of hydrogen-bond donors (Lipinski definition) is 0. The Labute approximate surface area is 229 Å². The van der Waals surface area contributed by atoms with E-state index in [1.807, 2.05) is 0 Å². The number of ketones is 1. The molecule has 38 heavy (non-hydrogen) atoms. The van der Waals surface area contributed by atoms with Crippen LogP contribution in [0.4, 0.5) is 0 Å². The Morgan fingerprint density at radius 1 is 0.895 bits per heavy atom. The Hall–Kier alpha value is -1.65. The first-order chi connectivity index (χ1) is 17.5. The first-order valence-corrected chi connectivity index (χ1v) is 15.0. The summed E-state index contributed by atoms with van der Waals surface area (Å²) in [6.07, 6.45) is 10.2. The highest BCUT2D eigenvalue weighted by molar-refractivity contribution is 5.96. The average molecular weight is 527 g/mol. The predicted molar refractivity (Wildman–Crippen MR) is 147 cm³/mol. The number of fused-ring (bicyclic) bond motifs is 7. The van der Waals surface area contributed by atoms with Gasteiger partial charge in [-0.15, -0.1) is 0 Å². The molecule has 0 aliphatic heterocycles. The molecule has 0 amide bonds. The lowest BCUT2D eigenvalue weighted by Gasteiger charge is -2.70. The van der Waals surface area contributed by atoms with Gasteiger partial charge in [0.15, 0.2) is 5.78 Å². The SMILES string of the molecule is COC(=O)[C@]12CCC(C)(C)C[C@H]1[C@H]1C(=O)C=C3[C@]4(C)CC[C@H](OC(C)=O)C(C)(C)[C@H]4CC[C@@]3(C)[C@@]1(C)CC2. The molecule has 0 bridgehead atoms. The van der Waals surface area contributed by atoms with Gasteiger partial charge < -0.3 is 9.47 Å². The van der Waals surface area contributed by atoms with Gasteiger partial charge in [0.25, 0.3) is 0 Å². The molecular formula is C33H50O5. The van der Waals surface area contributed by atoms with Crippen LogP contribution in [0, 0.1) is 50.2 Å². The third kappa shape index (κ3) is 3.51. The highest BCUT2D eigenvalue weighted by Crippen LogP contribution is 2.75. The second-order valence-electron chi connectivity index (χ2n) is 15.8. The molecule has 5 rings (SSSR count). The van der Waals surface area contributed by atoms with Crippen LogP contribution in [0.15, 0.2) is 11.6 Å². The van der Waals surface area contributed by atoms with Crippen molar-refractivity contribution >= 4 is 17.7 Å².